The number of piperidine rings is 2. The number of carbonyl (C=O) groups excluding carboxylic acids is 1. The van der Waals surface area contributed by atoms with Crippen LogP contribution in [0.3, 0.4) is 0 Å². The Morgan fingerprint density at radius 3 is 2.09 bits per heavy atom. The summed E-state index contributed by atoms with van der Waals surface area (Å²) in [6, 6.07) is 0.789. The molecule has 0 atom stereocenters. The molecule has 0 aromatic heterocycles. The molecule has 4 nitrogen and oxygen atoms in total. The molecule has 2 fully saturated rings. The predicted octanol–water partition coefficient (Wildman–Crippen LogP) is 5.41. The number of halogens is 8. The summed E-state index contributed by atoms with van der Waals surface area (Å²) < 4.78 is 105. The summed E-state index contributed by atoms with van der Waals surface area (Å²) >= 11 is 0. The van der Waals surface area contributed by atoms with Crippen LogP contribution in [-0.2, 0) is 12.4 Å². The molecule has 2 heterocycles. The van der Waals surface area contributed by atoms with Crippen LogP contribution < -0.4 is 5.32 Å². The molecule has 2 aliphatic rings. The number of alkyl halides is 8. The fourth-order valence-corrected chi connectivity index (χ4v) is 4.37. The monoisotopic (exact) mass is 513 g/mol. The van der Waals surface area contributed by atoms with Gasteiger partial charge >= 0.3 is 12.4 Å². The van der Waals surface area contributed by atoms with Crippen LogP contribution in [0, 0.1) is 5.92 Å². The Labute approximate surface area is 197 Å². The van der Waals surface area contributed by atoms with Crippen LogP contribution in [0.25, 0.3) is 0 Å². The number of likely N-dealkylation sites (tertiary alicyclic amines) is 2. The number of hydrogen-bond acceptors (Lipinski definition) is 3. The van der Waals surface area contributed by atoms with Gasteiger partial charge in [-0.05, 0) is 56.5 Å². The fourth-order valence-electron chi connectivity index (χ4n) is 4.37. The van der Waals surface area contributed by atoms with E-state index in [-0.39, 0.29) is 31.5 Å². The zero-order chi connectivity index (χ0) is 26.0. The van der Waals surface area contributed by atoms with Crippen LogP contribution in [-0.4, -0.2) is 60.9 Å². The molecular formula is C23H27F8N3O. The van der Waals surface area contributed by atoms with Crippen molar-refractivity contribution < 1.29 is 39.9 Å². The van der Waals surface area contributed by atoms with Crippen molar-refractivity contribution in [2.75, 3.05) is 39.3 Å². The highest BCUT2D eigenvalue weighted by atomic mass is 19.4. The number of nitrogens with one attached hydrogen (secondary N) is 1. The normalized spacial score (nSPS) is 20.1. The lowest BCUT2D eigenvalue weighted by molar-refractivity contribution is -0.143. The van der Waals surface area contributed by atoms with Crippen LogP contribution in [0.15, 0.2) is 30.5 Å². The maximum absolute atomic E-state index is 13.6. The Morgan fingerprint density at radius 1 is 1.00 bits per heavy atom. The van der Waals surface area contributed by atoms with Gasteiger partial charge in [-0.25, -0.2) is 8.78 Å². The summed E-state index contributed by atoms with van der Waals surface area (Å²) in [7, 11) is 0. The molecule has 0 unspecified atom stereocenters. The molecule has 3 rings (SSSR count). The van der Waals surface area contributed by atoms with E-state index in [9.17, 15) is 39.9 Å². The summed E-state index contributed by atoms with van der Waals surface area (Å²) in [5.74, 6) is -3.76. The third kappa shape index (κ3) is 7.55. The molecule has 0 aliphatic carbocycles. The number of carbonyl (C=O) groups is 1. The van der Waals surface area contributed by atoms with Crippen molar-refractivity contribution in [2.24, 2.45) is 5.92 Å². The Hall–Kier alpha value is -2.37. The second kappa shape index (κ2) is 10.3. The van der Waals surface area contributed by atoms with Crippen molar-refractivity contribution in [1.82, 2.24) is 15.1 Å². The lowest BCUT2D eigenvalue weighted by Crippen LogP contribution is -2.45. The molecule has 196 valence electrons. The lowest BCUT2D eigenvalue weighted by Gasteiger charge is -2.38. The highest BCUT2D eigenvalue weighted by Gasteiger charge is 2.38. The van der Waals surface area contributed by atoms with Gasteiger partial charge in [0.15, 0.2) is 0 Å². The quantitative estimate of drug-likeness (QED) is 0.517. The van der Waals surface area contributed by atoms with Crippen molar-refractivity contribution in [1.29, 1.82) is 0 Å². The third-order valence-corrected chi connectivity index (χ3v) is 6.35. The van der Waals surface area contributed by atoms with E-state index in [4.69, 9.17) is 0 Å². The van der Waals surface area contributed by atoms with E-state index in [1.165, 1.54) is 0 Å². The summed E-state index contributed by atoms with van der Waals surface area (Å²) in [5.41, 5.74) is -3.18. The van der Waals surface area contributed by atoms with Gasteiger partial charge in [0.2, 0.25) is 0 Å². The Bertz CT molecular complexity index is 888. The molecule has 2 saturated heterocycles. The highest BCUT2D eigenvalue weighted by Crippen LogP contribution is 2.36. The summed E-state index contributed by atoms with van der Waals surface area (Å²) in [6.07, 6.45) is -8.55. The zero-order valence-corrected chi connectivity index (χ0v) is 18.9. The number of benzene rings is 1. The molecule has 35 heavy (non-hydrogen) atoms. The van der Waals surface area contributed by atoms with Gasteiger partial charge in [0.25, 0.3) is 11.8 Å². The first-order valence-corrected chi connectivity index (χ1v) is 11.2. The van der Waals surface area contributed by atoms with Gasteiger partial charge in [0, 0.05) is 37.3 Å². The van der Waals surface area contributed by atoms with E-state index in [2.05, 4.69) is 16.8 Å². The summed E-state index contributed by atoms with van der Waals surface area (Å²) in [5, 5.41) is 2.44. The largest absolute Gasteiger partial charge is 0.416 e. The molecule has 1 aromatic rings. The van der Waals surface area contributed by atoms with Crippen LogP contribution in [0.5, 0.6) is 0 Å². The van der Waals surface area contributed by atoms with Gasteiger partial charge in [0.1, 0.15) is 0 Å². The second-order valence-corrected chi connectivity index (χ2v) is 9.17. The van der Waals surface area contributed by atoms with Crippen molar-refractivity contribution in [2.45, 2.75) is 44.0 Å². The average Bonchev–Trinajstić information content (AvgIpc) is 2.76. The molecule has 0 bridgehead atoms. The molecule has 2 aliphatic heterocycles. The minimum absolute atomic E-state index is 0.0179. The van der Waals surface area contributed by atoms with E-state index in [1.807, 2.05) is 0 Å². The van der Waals surface area contributed by atoms with E-state index in [0.717, 1.165) is 0 Å². The molecule has 0 spiro atoms. The van der Waals surface area contributed by atoms with E-state index < -0.39 is 40.9 Å². The highest BCUT2D eigenvalue weighted by molar-refractivity contribution is 5.94. The minimum atomic E-state index is -5.03. The van der Waals surface area contributed by atoms with Crippen LogP contribution in [0.1, 0.15) is 47.2 Å². The van der Waals surface area contributed by atoms with Crippen LogP contribution in [0.2, 0.25) is 0 Å². The van der Waals surface area contributed by atoms with E-state index >= 15 is 0 Å². The molecule has 1 amide bonds. The summed E-state index contributed by atoms with van der Waals surface area (Å²) in [4.78, 5) is 16.0. The number of rotatable bonds is 6. The fraction of sp³-hybridized carbons (Fsp3) is 0.609. The average molecular weight is 513 g/mol. The first kappa shape index (κ1) is 27.2. The molecular weight excluding hydrogens is 486 g/mol. The first-order valence-electron chi connectivity index (χ1n) is 11.2. The van der Waals surface area contributed by atoms with Gasteiger partial charge in [-0.3, -0.25) is 9.69 Å². The second-order valence-electron chi connectivity index (χ2n) is 9.17. The van der Waals surface area contributed by atoms with E-state index in [0.29, 0.717) is 63.3 Å². The molecule has 0 radical (unpaired) electrons. The molecule has 12 heteroatoms. The number of amides is 1. The number of hydrogen-bond donors (Lipinski definition) is 1. The van der Waals surface area contributed by atoms with Crippen molar-refractivity contribution in [3.05, 3.63) is 47.2 Å². The van der Waals surface area contributed by atoms with Gasteiger partial charge in [-0.15, -0.1) is 0 Å². The SMILES string of the molecule is C=C(CN1CCC(CNC(=O)c2cc(C(F)(F)F)cc(C(F)(F)F)c2)CC1)N1CCCC(F)(F)C1. The predicted molar refractivity (Wildman–Crippen MR) is 113 cm³/mol. The van der Waals surface area contributed by atoms with Crippen molar-refractivity contribution in [3.63, 3.8) is 0 Å². The molecule has 0 saturated carbocycles. The maximum atomic E-state index is 13.6. The standard InChI is InChI=1S/C23H27F8N3O/c1-15(34-6-2-5-21(24,25)14-34)13-33-7-3-16(4-8-33)12-32-20(35)17-9-18(22(26,27)28)11-19(10-17)23(29,30)31/h9-11,16H,1-8,12-14H2,(H,32,35). The Kier molecular flexibility index (Phi) is 8.02. The number of nitrogens with zero attached hydrogens (tertiary/aromatic N) is 2. The minimum Gasteiger partial charge on any atom is -0.368 e. The van der Waals surface area contributed by atoms with Crippen LogP contribution in [0.4, 0.5) is 35.1 Å². The zero-order valence-electron chi connectivity index (χ0n) is 18.9. The van der Waals surface area contributed by atoms with Gasteiger partial charge in [-0.1, -0.05) is 6.58 Å². The summed E-state index contributed by atoms with van der Waals surface area (Å²) in [6.45, 7) is 5.85. The molecule has 1 N–H and O–H groups in total. The van der Waals surface area contributed by atoms with Gasteiger partial charge < -0.3 is 10.2 Å². The topological polar surface area (TPSA) is 35.6 Å². The van der Waals surface area contributed by atoms with Crippen LogP contribution >= 0.6 is 0 Å². The lowest BCUT2D eigenvalue weighted by atomic mass is 9.96. The maximum Gasteiger partial charge on any atom is 0.416 e. The van der Waals surface area contributed by atoms with Crippen molar-refractivity contribution in [3.8, 4) is 0 Å². The Morgan fingerprint density at radius 2 is 1.57 bits per heavy atom. The van der Waals surface area contributed by atoms with E-state index in [1.54, 1.807) is 4.90 Å². The smallest absolute Gasteiger partial charge is 0.368 e. The van der Waals surface area contributed by atoms with Gasteiger partial charge in [-0.2, -0.15) is 26.3 Å². The van der Waals surface area contributed by atoms with Gasteiger partial charge in [0.05, 0.1) is 17.7 Å². The Balaban J connectivity index is 1.51. The first-order chi connectivity index (χ1) is 16.1. The third-order valence-electron chi connectivity index (χ3n) is 6.35. The van der Waals surface area contributed by atoms with Crippen molar-refractivity contribution >= 4 is 5.91 Å². The molecule has 1 aromatic carbocycles.